The Balaban J connectivity index is 1.27. The van der Waals surface area contributed by atoms with Crippen LogP contribution in [0.5, 0.6) is 5.75 Å². The summed E-state index contributed by atoms with van der Waals surface area (Å²) in [6.45, 7) is 5.14. The number of halogens is 1. The number of ether oxygens (including phenoxy) is 2. The molecule has 2 aliphatic rings. The highest BCUT2D eigenvalue weighted by Crippen LogP contribution is 2.48. The van der Waals surface area contributed by atoms with Crippen LogP contribution in [0, 0.1) is 17.3 Å². The maximum absolute atomic E-state index is 12.4. The molecule has 1 aromatic rings. The number of carboxylic acids is 1. The summed E-state index contributed by atoms with van der Waals surface area (Å²) >= 11 is 6.64. The van der Waals surface area contributed by atoms with Gasteiger partial charge in [0.1, 0.15) is 5.75 Å². The first kappa shape index (κ1) is 46.0. The molecule has 3 N–H and O–H groups in total. The maximum Gasteiger partial charge on any atom is 0.335 e. The van der Waals surface area contributed by atoms with Crippen molar-refractivity contribution in [1.29, 1.82) is 0 Å². The third kappa shape index (κ3) is 16.4. The number of hydrogen-bond donors (Lipinski definition) is 3. The topological polar surface area (TPSA) is 113 Å². The van der Waals surface area contributed by atoms with Crippen LogP contribution in [0.3, 0.4) is 0 Å². The number of carboxylic acid groups (broad SMARTS) is 1. The number of benzene rings is 1. The third-order valence-corrected chi connectivity index (χ3v) is 12.6. The second kappa shape index (κ2) is 26.5. The van der Waals surface area contributed by atoms with Crippen molar-refractivity contribution in [3.05, 3.63) is 53.6 Å². The van der Waals surface area contributed by atoms with Crippen molar-refractivity contribution < 1.29 is 34.4 Å². The zero-order valence-corrected chi connectivity index (χ0v) is 34.4. The molecule has 1 aromatic carbocycles. The molecule has 0 saturated heterocycles. The van der Waals surface area contributed by atoms with Gasteiger partial charge in [0.05, 0.1) is 31.0 Å². The van der Waals surface area contributed by atoms with E-state index in [1.165, 1.54) is 77.0 Å². The molecule has 54 heavy (non-hydrogen) atoms. The van der Waals surface area contributed by atoms with E-state index in [9.17, 15) is 24.9 Å². The van der Waals surface area contributed by atoms with Crippen LogP contribution in [-0.4, -0.2) is 58.1 Å². The number of esters is 1. The lowest BCUT2D eigenvalue weighted by Crippen LogP contribution is -2.40. The molecule has 3 rings (SSSR count). The summed E-state index contributed by atoms with van der Waals surface area (Å²) in [7, 11) is 0. The van der Waals surface area contributed by atoms with Gasteiger partial charge in [0, 0.05) is 24.1 Å². The number of aliphatic hydroxyl groups is 2. The highest BCUT2D eigenvalue weighted by molar-refractivity contribution is 6.21. The molecule has 0 amide bonds. The minimum atomic E-state index is -1.01. The predicted molar refractivity (Wildman–Crippen MR) is 220 cm³/mol. The first-order chi connectivity index (χ1) is 26.2. The Morgan fingerprint density at radius 3 is 2.19 bits per heavy atom. The predicted octanol–water partition coefficient (Wildman–Crippen LogP) is 11.5. The van der Waals surface area contributed by atoms with Crippen LogP contribution < -0.4 is 4.74 Å². The molecule has 0 bridgehead atoms. The molecule has 5 atom stereocenters. The van der Waals surface area contributed by atoms with E-state index in [4.69, 9.17) is 21.1 Å². The zero-order chi connectivity index (χ0) is 39.0. The largest absolute Gasteiger partial charge is 0.494 e. The molecule has 0 aromatic heterocycles. The van der Waals surface area contributed by atoms with Crippen LogP contribution >= 0.6 is 11.6 Å². The highest BCUT2D eigenvalue weighted by atomic mass is 35.5. The van der Waals surface area contributed by atoms with Crippen LogP contribution in [0.4, 0.5) is 0 Å². The van der Waals surface area contributed by atoms with Crippen LogP contribution in [0.15, 0.2) is 42.5 Å². The van der Waals surface area contributed by atoms with Gasteiger partial charge in [-0.05, 0) is 92.9 Å². The average Bonchev–Trinajstić information content (AvgIpc) is 3.40. The summed E-state index contributed by atoms with van der Waals surface area (Å²) in [5.74, 6) is -0.562. The number of allylic oxidation sites excluding steroid dienone is 2. The van der Waals surface area contributed by atoms with E-state index in [-0.39, 0.29) is 53.3 Å². The van der Waals surface area contributed by atoms with Crippen molar-refractivity contribution in [2.75, 3.05) is 13.2 Å². The van der Waals surface area contributed by atoms with Crippen molar-refractivity contribution in [3.63, 3.8) is 0 Å². The molecule has 0 unspecified atom stereocenters. The van der Waals surface area contributed by atoms with Gasteiger partial charge < -0.3 is 24.8 Å². The monoisotopic (exact) mass is 773 g/mol. The second-order valence-electron chi connectivity index (χ2n) is 16.1. The minimum Gasteiger partial charge on any atom is -0.494 e. The molecule has 8 heteroatoms. The molecule has 2 fully saturated rings. The fraction of sp³-hybridized carbons (Fsp3) is 0.739. The van der Waals surface area contributed by atoms with Crippen molar-refractivity contribution >= 4 is 23.5 Å². The van der Waals surface area contributed by atoms with Crippen LogP contribution in [0.1, 0.15) is 177 Å². The van der Waals surface area contributed by atoms with E-state index < -0.39 is 12.1 Å². The van der Waals surface area contributed by atoms with Gasteiger partial charge in [-0.3, -0.25) is 4.79 Å². The summed E-state index contributed by atoms with van der Waals surface area (Å²) in [6, 6.07) is 5.04. The lowest BCUT2D eigenvalue weighted by Gasteiger charge is -2.45. The Morgan fingerprint density at radius 2 is 1.57 bits per heavy atom. The SMILES string of the molecule is CCCCCCCCCCCCCCCOc1ccc(C(=O)O)c(CCOC(=O)CCC/C=C\C[C@@H]2[C@@H](/C=C/C[C@H](O)C3(CC)CCC3)[C@H](O)C[C@H]2Cl)c1. The van der Waals surface area contributed by atoms with E-state index in [1.807, 2.05) is 6.08 Å². The third-order valence-electron chi connectivity index (χ3n) is 12.1. The fourth-order valence-corrected chi connectivity index (χ4v) is 8.75. The van der Waals surface area contributed by atoms with E-state index in [1.54, 1.807) is 18.2 Å². The zero-order valence-electron chi connectivity index (χ0n) is 33.7. The number of aliphatic hydroxyl groups excluding tert-OH is 2. The first-order valence-electron chi connectivity index (χ1n) is 21.7. The quantitative estimate of drug-likeness (QED) is 0.0309. The van der Waals surface area contributed by atoms with Gasteiger partial charge in [-0.15, -0.1) is 11.6 Å². The van der Waals surface area contributed by atoms with Crippen molar-refractivity contribution in [1.82, 2.24) is 0 Å². The Kier molecular flexibility index (Phi) is 22.6. The Morgan fingerprint density at radius 1 is 0.907 bits per heavy atom. The fourth-order valence-electron chi connectivity index (χ4n) is 8.30. The van der Waals surface area contributed by atoms with E-state index in [0.29, 0.717) is 43.6 Å². The van der Waals surface area contributed by atoms with Gasteiger partial charge in [-0.2, -0.15) is 0 Å². The molecule has 306 valence electrons. The minimum absolute atomic E-state index is 0.0312. The van der Waals surface area contributed by atoms with Gasteiger partial charge in [0.15, 0.2) is 0 Å². The second-order valence-corrected chi connectivity index (χ2v) is 16.7. The molecular weight excluding hydrogens is 700 g/mol. The Labute approximate surface area is 332 Å². The van der Waals surface area contributed by atoms with Gasteiger partial charge in [-0.25, -0.2) is 4.79 Å². The van der Waals surface area contributed by atoms with Crippen LogP contribution in [0.25, 0.3) is 0 Å². The number of rotatable bonds is 30. The molecule has 7 nitrogen and oxygen atoms in total. The van der Waals surface area contributed by atoms with Gasteiger partial charge in [-0.1, -0.05) is 122 Å². The molecule has 0 radical (unpaired) electrons. The van der Waals surface area contributed by atoms with E-state index in [2.05, 4.69) is 32.1 Å². The Hall–Kier alpha value is -2.35. The van der Waals surface area contributed by atoms with Gasteiger partial charge >= 0.3 is 11.9 Å². The van der Waals surface area contributed by atoms with Gasteiger partial charge in [0.2, 0.25) is 0 Å². The standard InChI is InChI=1S/C46H73ClO7/c1-3-5-6-7-8-9-10-11-12-13-14-17-20-32-53-37-27-28-38(45(51)52)36(34-37)29-33-54-44(50)26-19-16-15-18-23-39-40(42(48)35-41(39)47)24-21-25-43(49)46(4-2)30-22-31-46/h15,18,21,24,27-28,34,39-43,48-49H,3-14,16-17,19-20,22-23,25-26,29-33,35H2,1-2H3,(H,51,52)/b18-15-,24-21+/t39-,40-,41-,42-,43+/m1/s1. The maximum atomic E-state index is 12.4. The average molecular weight is 774 g/mol. The normalized spacial score (nSPS) is 21.4. The van der Waals surface area contributed by atoms with Crippen molar-refractivity contribution in [3.8, 4) is 5.75 Å². The molecule has 2 aliphatic carbocycles. The lowest BCUT2D eigenvalue weighted by molar-refractivity contribution is -0.143. The van der Waals surface area contributed by atoms with E-state index >= 15 is 0 Å². The summed E-state index contributed by atoms with van der Waals surface area (Å²) in [5.41, 5.74) is 0.869. The molecular formula is C46H73ClO7. The number of aromatic carboxylic acids is 1. The molecule has 2 saturated carbocycles. The summed E-state index contributed by atoms with van der Waals surface area (Å²) < 4.78 is 11.4. The number of carbonyl (C=O) groups is 2. The van der Waals surface area contributed by atoms with Gasteiger partial charge in [0.25, 0.3) is 0 Å². The Bertz CT molecular complexity index is 1250. The van der Waals surface area contributed by atoms with E-state index in [0.717, 1.165) is 44.9 Å². The lowest BCUT2D eigenvalue weighted by atomic mass is 9.63. The molecule has 0 spiro atoms. The van der Waals surface area contributed by atoms with Crippen molar-refractivity contribution in [2.24, 2.45) is 17.3 Å². The summed E-state index contributed by atoms with van der Waals surface area (Å²) in [6.07, 6.45) is 32.6. The summed E-state index contributed by atoms with van der Waals surface area (Å²) in [4.78, 5) is 24.3. The molecule has 0 heterocycles. The summed E-state index contributed by atoms with van der Waals surface area (Å²) in [5, 5.41) is 31.0. The molecule has 0 aliphatic heterocycles. The number of hydrogen-bond acceptors (Lipinski definition) is 6. The van der Waals surface area contributed by atoms with Crippen LogP contribution in [0.2, 0.25) is 0 Å². The number of alkyl halides is 1. The first-order valence-corrected chi connectivity index (χ1v) is 22.1. The number of unbranched alkanes of at least 4 members (excludes halogenated alkanes) is 13. The van der Waals surface area contributed by atoms with Crippen molar-refractivity contribution in [2.45, 2.75) is 186 Å². The highest BCUT2D eigenvalue weighted by Gasteiger charge is 2.42. The number of carbonyl (C=O) groups excluding carboxylic acids is 1. The van der Waals surface area contributed by atoms with Crippen LogP contribution in [-0.2, 0) is 16.0 Å². The smallest absolute Gasteiger partial charge is 0.335 e.